The minimum absolute atomic E-state index is 0.243. The number of fused-ring (bicyclic) bond motifs is 1. The molecule has 2 aromatic heterocycles. The Bertz CT molecular complexity index is 933. The van der Waals surface area contributed by atoms with Gasteiger partial charge in [-0.1, -0.05) is 17.7 Å². The van der Waals surface area contributed by atoms with Crippen LogP contribution in [0.4, 0.5) is 11.4 Å². The van der Waals surface area contributed by atoms with Crippen LogP contribution in [0.5, 0.6) is 0 Å². The van der Waals surface area contributed by atoms with Gasteiger partial charge in [-0.15, -0.1) is 11.3 Å². The van der Waals surface area contributed by atoms with E-state index in [0.717, 1.165) is 27.0 Å². The fourth-order valence-electron chi connectivity index (χ4n) is 2.55. The molecule has 3 rings (SSSR count). The molecule has 0 aliphatic heterocycles. The molecule has 0 spiro atoms. The lowest BCUT2D eigenvalue weighted by molar-refractivity contribution is 0.103. The van der Waals surface area contributed by atoms with E-state index in [1.165, 1.54) is 11.3 Å². The van der Waals surface area contributed by atoms with Crippen LogP contribution in [0.25, 0.3) is 10.2 Å². The number of nitrogens with two attached hydrogens (primary N) is 1. The first kappa shape index (κ1) is 15.8. The van der Waals surface area contributed by atoms with Crippen molar-refractivity contribution in [3.8, 4) is 0 Å². The molecule has 0 saturated heterocycles. The molecule has 1 amide bonds. The molecule has 3 aromatic rings. The van der Waals surface area contributed by atoms with Crippen LogP contribution in [-0.2, 0) is 0 Å². The van der Waals surface area contributed by atoms with Gasteiger partial charge in [0.2, 0.25) is 0 Å². The number of pyridine rings is 1. The number of benzene rings is 1. The molecule has 0 saturated carbocycles. The molecule has 0 aliphatic rings. The highest BCUT2D eigenvalue weighted by molar-refractivity contribution is 7.21. The lowest BCUT2D eigenvalue weighted by Crippen LogP contribution is -2.12. The fourth-order valence-corrected chi connectivity index (χ4v) is 3.83. The number of amides is 1. The molecule has 0 radical (unpaired) electrons. The van der Waals surface area contributed by atoms with Gasteiger partial charge < -0.3 is 11.1 Å². The second-order valence-electron chi connectivity index (χ2n) is 5.52. The summed E-state index contributed by atoms with van der Waals surface area (Å²) in [6.45, 7) is 5.82. The van der Waals surface area contributed by atoms with Crippen molar-refractivity contribution in [3.05, 3.63) is 51.0 Å². The van der Waals surface area contributed by atoms with Crippen molar-refractivity contribution < 1.29 is 4.79 Å². The zero-order valence-electron chi connectivity index (χ0n) is 13.0. The predicted molar refractivity (Wildman–Crippen MR) is 97.6 cm³/mol. The van der Waals surface area contributed by atoms with Gasteiger partial charge in [-0.2, -0.15) is 0 Å². The number of nitrogens with zero attached hydrogens (tertiary/aromatic N) is 1. The van der Waals surface area contributed by atoms with Crippen molar-refractivity contribution in [2.24, 2.45) is 0 Å². The van der Waals surface area contributed by atoms with Crippen LogP contribution in [0.2, 0.25) is 5.02 Å². The van der Waals surface area contributed by atoms with Crippen molar-refractivity contribution in [1.82, 2.24) is 4.98 Å². The first-order valence-electron chi connectivity index (χ1n) is 7.10. The molecule has 3 N–H and O–H groups in total. The molecule has 4 nitrogen and oxygen atoms in total. The Hall–Kier alpha value is -2.11. The van der Waals surface area contributed by atoms with Gasteiger partial charge in [0.05, 0.1) is 5.69 Å². The minimum Gasteiger partial charge on any atom is -0.397 e. The van der Waals surface area contributed by atoms with E-state index in [1.54, 1.807) is 12.1 Å². The van der Waals surface area contributed by atoms with Gasteiger partial charge in [0.15, 0.2) is 0 Å². The van der Waals surface area contributed by atoms with Crippen LogP contribution in [0, 0.1) is 20.8 Å². The topological polar surface area (TPSA) is 68.0 Å². The summed E-state index contributed by atoms with van der Waals surface area (Å²) in [6.07, 6.45) is 0. The van der Waals surface area contributed by atoms with E-state index >= 15 is 0 Å². The third-order valence-electron chi connectivity index (χ3n) is 3.68. The number of carbonyl (C=O) groups is 1. The van der Waals surface area contributed by atoms with Gasteiger partial charge in [0.1, 0.15) is 9.71 Å². The third-order valence-corrected chi connectivity index (χ3v) is 5.01. The number of anilines is 2. The van der Waals surface area contributed by atoms with E-state index in [-0.39, 0.29) is 5.91 Å². The Morgan fingerprint density at radius 1 is 1.22 bits per heavy atom. The molecule has 1 aromatic carbocycles. The molecule has 0 aliphatic carbocycles. The first-order valence-corrected chi connectivity index (χ1v) is 8.30. The molecule has 2 heterocycles. The van der Waals surface area contributed by atoms with E-state index in [0.29, 0.717) is 21.3 Å². The summed E-state index contributed by atoms with van der Waals surface area (Å²) in [5.41, 5.74) is 10.2. The van der Waals surface area contributed by atoms with Crippen LogP contribution < -0.4 is 11.1 Å². The van der Waals surface area contributed by atoms with Crippen LogP contribution >= 0.6 is 22.9 Å². The van der Waals surface area contributed by atoms with Gasteiger partial charge >= 0.3 is 0 Å². The van der Waals surface area contributed by atoms with Crippen molar-refractivity contribution in [2.75, 3.05) is 11.1 Å². The van der Waals surface area contributed by atoms with E-state index in [9.17, 15) is 4.79 Å². The second kappa shape index (κ2) is 5.83. The summed E-state index contributed by atoms with van der Waals surface area (Å²) in [7, 11) is 0. The highest BCUT2D eigenvalue weighted by atomic mass is 35.5. The van der Waals surface area contributed by atoms with Crippen molar-refractivity contribution >= 4 is 50.4 Å². The van der Waals surface area contributed by atoms with Gasteiger partial charge in [-0.25, -0.2) is 4.98 Å². The number of thiophene rings is 1. The number of aryl methyl sites for hydroxylation is 3. The molecular formula is C17H16ClN3OS. The maximum Gasteiger partial charge on any atom is 0.267 e. The summed E-state index contributed by atoms with van der Waals surface area (Å²) in [5.74, 6) is -0.243. The van der Waals surface area contributed by atoms with Crippen LogP contribution in [0.15, 0.2) is 24.3 Å². The maximum absolute atomic E-state index is 12.6. The van der Waals surface area contributed by atoms with Gasteiger partial charge in [0.25, 0.3) is 5.91 Å². The fraction of sp³-hybridized carbons (Fsp3) is 0.176. The number of carbonyl (C=O) groups excluding carboxylic acids is 1. The third kappa shape index (κ3) is 2.90. The molecule has 0 fully saturated rings. The van der Waals surface area contributed by atoms with Crippen LogP contribution in [0.1, 0.15) is 26.5 Å². The average Bonchev–Trinajstić information content (AvgIpc) is 2.80. The molecule has 0 unspecified atom stereocenters. The number of nitrogens with one attached hydrogen (secondary N) is 1. The Kier molecular flexibility index (Phi) is 4.00. The van der Waals surface area contributed by atoms with E-state index < -0.39 is 0 Å². The normalized spacial score (nSPS) is 11.0. The average molecular weight is 346 g/mol. The quantitative estimate of drug-likeness (QED) is 0.706. The lowest BCUT2D eigenvalue weighted by Gasteiger charge is -2.08. The number of hydrogen-bond acceptors (Lipinski definition) is 4. The number of nitrogen functional groups attached to an aromatic ring is 1. The predicted octanol–water partition coefficient (Wildman–Crippen LogP) is 4.71. The van der Waals surface area contributed by atoms with Crippen LogP contribution in [0.3, 0.4) is 0 Å². The summed E-state index contributed by atoms with van der Waals surface area (Å²) in [6, 6.07) is 7.35. The molecule has 0 bridgehead atoms. The van der Waals surface area contributed by atoms with Gasteiger partial charge in [-0.3, -0.25) is 4.79 Å². The molecule has 118 valence electrons. The van der Waals surface area contributed by atoms with Crippen molar-refractivity contribution in [3.63, 3.8) is 0 Å². The number of halogens is 1. The molecule has 6 heteroatoms. The maximum atomic E-state index is 12.6. The summed E-state index contributed by atoms with van der Waals surface area (Å²) in [4.78, 5) is 18.3. The SMILES string of the molecule is Cc1cc(C)c2c(N)c(C(=O)Nc3cc(Cl)ccc3C)sc2n1. The monoisotopic (exact) mass is 345 g/mol. The Balaban J connectivity index is 2.03. The van der Waals surface area contributed by atoms with E-state index in [4.69, 9.17) is 17.3 Å². The Morgan fingerprint density at radius 2 is 1.96 bits per heavy atom. The van der Waals surface area contributed by atoms with Gasteiger partial charge in [-0.05, 0) is 50.1 Å². The number of hydrogen-bond donors (Lipinski definition) is 2. The van der Waals surface area contributed by atoms with E-state index in [1.807, 2.05) is 32.9 Å². The zero-order chi connectivity index (χ0) is 16.7. The highest BCUT2D eigenvalue weighted by Crippen LogP contribution is 2.35. The Labute approximate surface area is 143 Å². The highest BCUT2D eigenvalue weighted by Gasteiger charge is 2.19. The number of aromatic nitrogens is 1. The van der Waals surface area contributed by atoms with Crippen molar-refractivity contribution in [2.45, 2.75) is 20.8 Å². The smallest absolute Gasteiger partial charge is 0.267 e. The molecular weight excluding hydrogens is 330 g/mol. The first-order chi connectivity index (χ1) is 10.9. The number of rotatable bonds is 2. The Morgan fingerprint density at radius 3 is 2.70 bits per heavy atom. The van der Waals surface area contributed by atoms with E-state index in [2.05, 4.69) is 10.3 Å². The lowest BCUT2D eigenvalue weighted by atomic mass is 10.1. The summed E-state index contributed by atoms with van der Waals surface area (Å²) in [5, 5.41) is 4.31. The summed E-state index contributed by atoms with van der Waals surface area (Å²) >= 11 is 7.31. The minimum atomic E-state index is -0.243. The standard InChI is InChI=1S/C17H16ClN3OS/c1-8-4-5-11(18)7-12(8)21-16(22)15-14(19)13-9(2)6-10(3)20-17(13)23-15/h4-7H,19H2,1-3H3,(H,21,22). The summed E-state index contributed by atoms with van der Waals surface area (Å²) < 4.78 is 0. The molecule has 23 heavy (non-hydrogen) atoms. The molecule has 0 atom stereocenters. The second-order valence-corrected chi connectivity index (χ2v) is 6.95. The largest absolute Gasteiger partial charge is 0.397 e. The van der Waals surface area contributed by atoms with Crippen LogP contribution in [-0.4, -0.2) is 10.9 Å². The van der Waals surface area contributed by atoms with Gasteiger partial charge in [0, 0.05) is 21.8 Å². The zero-order valence-corrected chi connectivity index (χ0v) is 14.6. The van der Waals surface area contributed by atoms with Crippen molar-refractivity contribution in [1.29, 1.82) is 0 Å².